The Morgan fingerprint density at radius 2 is 2.20 bits per heavy atom. The van der Waals surface area contributed by atoms with E-state index in [4.69, 9.17) is 18.0 Å². The van der Waals surface area contributed by atoms with Gasteiger partial charge < -0.3 is 22.9 Å². The Hall–Kier alpha value is -0.0231. The summed E-state index contributed by atoms with van der Waals surface area (Å²) >= 11 is 0. The second kappa shape index (κ2) is 7.84. The molecule has 2 saturated heterocycles. The minimum absolute atomic E-state index is 0.0596. The molecule has 0 aromatic heterocycles. The smallest absolute Gasteiger partial charge is 0.379 e. The molecule has 2 bridgehead atoms. The van der Waals surface area contributed by atoms with Crippen LogP contribution in [0.25, 0.3) is 0 Å². The largest absolute Gasteiger partial charge is 0.501 e. The van der Waals surface area contributed by atoms with Gasteiger partial charge in [0.05, 0.1) is 19.3 Å². The van der Waals surface area contributed by atoms with Crippen LogP contribution < -0.4 is 0 Å². The van der Waals surface area contributed by atoms with Crippen LogP contribution in [0.3, 0.4) is 0 Å². The molecule has 0 N–H and O–H groups in total. The lowest BCUT2D eigenvalue weighted by atomic mass is 10.3. The highest BCUT2D eigenvalue weighted by atomic mass is 28.4. The average molecular weight is 304 g/mol. The first kappa shape index (κ1) is 16.3. The molecule has 6 nitrogen and oxygen atoms in total. The maximum atomic E-state index is 6.22. The molecular weight excluding hydrogens is 276 g/mol. The highest BCUT2D eigenvalue weighted by Gasteiger charge is 2.44. The second-order valence-corrected chi connectivity index (χ2v) is 8.56. The molecule has 0 aliphatic carbocycles. The molecule has 2 aliphatic heterocycles. The van der Waals surface area contributed by atoms with Crippen LogP contribution in [-0.4, -0.2) is 91.9 Å². The first-order valence-corrected chi connectivity index (χ1v) is 9.38. The summed E-state index contributed by atoms with van der Waals surface area (Å²) in [6, 6.07) is 0.859. The Labute approximate surface area is 123 Å². The van der Waals surface area contributed by atoms with Gasteiger partial charge in [-0.25, -0.2) is 0 Å². The third-order valence-corrected chi connectivity index (χ3v) is 6.71. The van der Waals surface area contributed by atoms with Crippen LogP contribution in [-0.2, 0) is 18.0 Å². The second-order valence-electron chi connectivity index (χ2n) is 5.76. The molecule has 0 radical (unpaired) electrons. The number of ether oxygens (including phenoxy) is 1. The number of fused-ring (bicyclic) bond motifs is 2. The maximum Gasteiger partial charge on any atom is 0.501 e. The van der Waals surface area contributed by atoms with E-state index in [-0.39, 0.29) is 6.10 Å². The van der Waals surface area contributed by atoms with Gasteiger partial charge in [-0.15, -0.1) is 0 Å². The fourth-order valence-corrected chi connectivity index (χ4v) is 4.99. The number of rotatable bonds is 4. The molecule has 20 heavy (non-hydrogen) atoms. The van der Waals surface area contributed by atoms with Crippen molar-refractivity contribution >= 4 is 8.80 Å². The first-order chi connectivity index (χ1) is 9.63. The van der Waals surface area contributed by atoms with Gasteiger partial charge >= 0.3 is 8.80 Å². The lowest BCUT2D eigenvalue weighted by Gasteiger charge is -2.39. The molecular formula is C13H28N2O4Si. The fraction of sp³-hybridized carbons (Fsp3) is 1.00. The summed E-state index contributed by atoms with van der Waals surface area (Å²) in [5, 5.41) is 0. The van der Waals surface area contributed by atoms with Gasteiger partial charge in [0.25, 0.3) is 0 Å². The van der Waals surface area contributed by atoms with E-state index in [1.54, 1.807) is 7.11 Å². The van der Waals surface area contributed by atoms with Crippen LogP contribution in [0, 0.1) is 0 Å². The zero-order valence-corrected chi connectivity index (χ0v) is 14.0. The van der Waals surface area contributed by atoms with Crippen molar-refractivity contribution in [2.45, 2.75) is 18.6 Å². The summed E-state index contributed by atoms with van der Waals surface area (Å²) in [5.74, 6) is 0. The van der Waals surface area contributed by atoms with Crippen molar-refractivity contribution in [2.24, 2.45) is 0 Å². The van der Waals surface area contributed by atoms with E-state index >= 15 is 0 Å². The minimum Gasteiger partial charge on any atom is -0.379 e. The molecule has 0 spiro atoms. The Morgan fingerprint density at radius 3 is 2.95 bits per heavy atom. The third kappa shape index (κ3) is 4.76. The minimum atomic E-state index is -2.46. The van der Waals surface area contributed by atoms with Crippen LogP contribution in [0.4, 0.5) is 0 Å². The summed E-state index contributed by atoms with van der Waals surface area (Å²) in [5.41, 5.74) is 0. The molecule has 0 amide bonds. The van der Waals surface area contributed by atoms with Gasteiger partial charge in [0, 0.05) is 45.9 Å². The van der Waals surface area contributed by atoms with E-state index < -0.39 is 8.80 Å². The quantitative estimate of drug-likeness (QED) is 0.695. The summed E-state index contributed by atoms with van der Waals surface area (Å²) < 4.78 is 23.6. The van der Waals surface area contributed by atoms with Crippen LogP contribution in [0.2, 0.25) is 6.04 Å². The monoisotopic (exact) mass is 304 g/mol. The van der Waals surface area contributed by atoms with Crippen LogP contribution in [0.15, 0.2) is 0 Å². The Kier molecular flexibility index (Phi) is 6.41. The van der Waals surface area contributed by atoms with Crippen molar-refractivity contribution in [1.29, 1.82) is 0 Å². The van der Waals surface area contributed by atoms with Crippen molar-refractivity contribution in [3.63, 3.8) is 0 Å². The highest BCUT2D eigenvalue weighted by molar-refractivity contribution is 6.60. The lowest BCUT2D eigenvalue weighted by Crippen LogP contribution is -2.56. The summed E-state index contributed by atoms with van der Waals surface area (Å²) in [4.78, 5) is 4.59. The van der Waals surface area contributed by atoms with E-state index in [1.165, 1.54) is 0 Å². The first-order valence-electron chi connectivity index (χ1n) is 7.45. The Bertz CT molecular complexity index is 296. The highest BCUT2D eigenvalue weighted by Crippen LogP contribution is 2.23. The van der Waals surface area contributed by atoms with E-state index in [9.17, 15) is 0 Å². The molecule has 118 valence electrons. The zero-order valence-electron chi connectivity index (χ0n) is 13.0. The number of nitrogens with zero attached hydrogens (tertiary/aromatic N) is 2. The van der Waals surface area contributed by atoms with Gasteiger partial charge in [-0.05, 0) is 20.5 Å². The topological polar surface area (TPSA) is 43.4 Å². The molecule has 0 aromatic carbocycles. The lowest BCUT2D eigenvalue weighted by molar-refractivity contribution is -0.0504. The summed E-state index contributed by atoms with van der Waals surface area (Å²) in [7, 11) is 3.45. The van der Waals surface area contributed by atoms with Gasteiger partial charge in [0.1, 0.15) is 0 Å². The average Bonchev–Trinajstić information content (AvgIpc) is 2.36. The van der Waals surface area contributed by atoms with Gasteiger partial charge in [-0.2, -0.15) is 0 Å². The molecule has 0 aromatic rings. The predicted molar refractivity (Wildman–Crippen MR) is 78.8 cm³/mol. The van der Waals surface area contributed by atoms with Crippen LogP contribution in [0.1, 0.15) is 6.42 Å². The Morgan fingerprint density at radius 1 is 1.35 bits per heavy atom. The van der Waals surface area contributed by atoms with E-state index in [2.05, 4.69) is 23.9 Å². The predicted octanol–water partition coefficient (Wildman–Crippen LogP) is 0.271. The van der Waals surface area contributed by atoms with E-state index in [1.807, 2.05) is 0 Å². The molecule has 2 heterocycles. The molecule has 2 aliphatic rings. The number of hydrogen-bond acceptors (Lipinski definition) is 6. The third-order valence-electron chi connectivity index (χ3n) is 3.79. The van der Waals surface area contributed by atoms with Crippen molar-refractivity contribution in [3.8, 4) is 0 Å². The van der Waals surface area contributed by atoms with Crippen LogP contribution in [0.5, 0.6) is 0 Å². The fourth-order valence-electron chi connectivity index (χ4n) is 2.61. The molecule has 0 saturated carbocycles. The summed E-state index contributed by atoms with van der Waals surface area (Å²) in [6.45, 7) is 6.01. The van der Waals surface area contributed by atoms with E-state index in [0.29, 0.717) is 13.2 Å². The van der Waals surface area contributed by atoms with Crippen molar-refractivity contribution in [1.82, 2.24) is 9.80 Å². The van der Waals surface area contributed by atoms with Crippen molar-refractivity contribution < 1.29 is 18.0 Å². The number of likely N-dealkylation sites (N-methyl/N-ethyl adjacent to an activating group) is 1. The standard InChI is InChI=1S/C13H28N2O4Si/c1-14(2)5-6-15-7-9-18-20(16-3)10-4-8-17-12-13(11-15)19-20/h13H,4-12H2,1-3H3. The van der Waals surface area contributed by atoms with Gasteiger partial charge in [0.15, 0.2) is 0 Å². The molecule has 2 atom stereocenters. The van der Waals surface area contributed by atoms with Crippen LogP contribution >= 0.6 is 0 Å². The SMILES string of the molecule is CO[Si]12CCCOCC(CN(CCN(C)C)CCO1)O2. The summed E-state index contributed by atoms with van der Waals surface area (Å²) in [6.07, 6.45) is 1.02. The molecule has 2 rings (SSSR count). The van der Waals surface area contributed by atoms with Gasteiger partial charge in [-0.1, -0.05) is 0 Å². The normalized spacial score (nSPS) is 33.3. The van der Waals surface area contributed by atoms with Gasteiger partial charge in [0.2, 0.25) is 0 Å². The van der Waals surface area contributed by atoms with Crippen molar-refractivity contribution in [3.05, 3.63) is 0 Å². The van der Waals surface area contributed by atoms with Gasteiger partial charge in [-0.3, -0.25) is 4.90 Å². The number of hydrogen-bond donors (Lipinski definition) is 0. The molecule has 2 fully saturated rings. The molecule has 2 unspecified atom stereocenters. The maximum absolute atomic E-state index is 6.22. The van der Waals surface area contributed by atoms with E-state index in [0.717, 1.165) is 45.3 Å². The Balaban J connectivity index is 1.96. The zero-order chi connectivity index (χ0) is 14.4. The molecule has 7 heteroatoms. The van der Waals surface area contributed by atoms with Crippen molar-refractivity contribution in [2.75, 3.05) is 67.2 Å².